The van der Waals surface area contributed by atoms with Gasteiger partial charge in [-0.1, -0.05) is 0 Å². The van der Waals surface area contributed by atoms with Crippen molar-refractivity contribution in [3.63, 3.8) is 0 Å². The normalized spacial score (nSPS) is 26.3. The summed E-state index contributed by atoms with van der Waals surface area (Å²) in [5.41, 5.74) is 5.64. The smallest absolute Gasteiger partial charge is 0.440 e. The number of hydrogen-bond acceptors (Lipinski definition) is 4. The summed E-state index contributed by atoms with van der Waals surface area (Å²) in [7, 11) is 0. The Balaban J connectivity index is 2.45. The van der Waals surface area contributed by atoms with Gasteiger partial charge in [0.1, 0.15) is 6.07 Å². The Bertz CT molecular complexity index is 324. The van der Waals surface area contributed by atoms with Crippen molar-refractivity contribution in [2.24, 2.45) is 11.7 Å². The van der Waals surface area contributed by atoms with Crippen LogP contribution in [0.2, 0.25) is 0 Å². The number of ether oxygens (including phenoxy) is 1. The molecule has 1 rings (SSSR count). The summed E-state index contributed by atoms with van der Waals surface area (Å²) in [4.78, 5) is 10.5. The van der Waals surface area contributed by atoms with Crippen LogP contribution in [0, 0.1) is 17.2 Å². The molecule has 17 heavy (non-hydrogen) atoms. The van der Waals surface area contributed by atoms with Crippen LogP contribution >= 0.6 is 0 Å². The fraction of sp³-hybridized carbons (Fsp3) is 0.800. The standard InChI is InChI=1S/C10H13F3N2O2/c11-10(12,13)9(16)17-8(5-14)4-6-1-2-7(15)3-6/h6-8H,1-4,15H2/t6-,7-,8?/m1/s1. The van der Waals surface area contributed by atoms with Crippen molar-refractivity contribution < 1.29 is 22.7 Å². The molecule has 1 aliphatic rings. The lowest BCUT2D eigenvalue weighted by molar-refractivity contribution is -0.203. The van der Waals surface area contributed by atoms with E-state index in [0.717, 1.165) is 12.8 Å². The molecule has 4 nitrogen and oxygen atoms in total. The summed E-state index contributed by atoms with van der Waals surface area (Å²) in [5.74, 6) is -2.26. The Morgan fingerprint density at radius 3 is 2.59 bits per heavy atom. The lowest BCUT2D eigenvalue weighted by Crippen LogP contribution is -2.30. The second-order valence-electron chi connectivity index (χ2n) is 4.20. The van der Waals surface area contributed by atoms with Crippen LogP contribution in [-0.4, -0.2) is 24.3 Å². The van der Waals surface area contributed by atoms with Gasteiger partial charge in [0.05, 0.1) is 0 Å². The molecule has 0 aromatic heterocycles. The van der Waals surface area contributed by atoms with E-state index in [0.29, 0.717) is 6.42 Å². The summed E-state index contributed by atoms with van der Waals surface area (Å²) >= 11 is 0. The summed E-state index contributed by atoms with van der Waals surface area (Å²) < 4.78 is 39.8. The number of esters is 1. The minimum Gasteiger partial charge on any atom is -0.440 e. The van der Waals surface area contributed by atoms with Gasteiger partial charge in [0.15, 0.2) is 6.10 Å². The van der Waals surface area contributed by atoms with Crippen molar-refractivity contribution in [3.8, 4) is 6.07 Å². The molecule has 1 fully saturated rings. The Labute approximate surface area is 96.5 Å². The van der Waals surface area contributed by atoms with E-state index in [2.05, 4.69) is 4.74 Å². The molecule has 0 saturated heterocycles. The first-order valence-electron chi connectivity index (χ1n) is 5.26. The predicted molar refractivity (Wildman–Crippen MR) is 51.5 cm³/mol. The maximum absolute atomic E-state index is 11.9. The third kappa shape index (κ3) is 4.23. The molecule has 0 bridgehead atoms. The van der Waals surface area contributed by atoms with Gasteiger partial charge in [0.2, 0.25) is 0 Å². The minimum absolute atomic E-state index is 0.0256. The number of rotatable bonds is 3. The van der Waals surface area contributed by atoms with E-state index in [1.807, 2.05) is 0 Å². The van der Waals surface area contributed by atoms with Crippen molar-refractivity contribution in [2.45, 2.75) is 44.0 Å². The summed E-state index contributed by atoms with van der Waals surface area (Å²) in [6.45, 7) is 0. The molecule has 0 aromatic rings. The summed E-state index contributed by atoms with van der Waals surface area (Å²) in [6.07, 6.45) is -4.09. The van der Waals surface area contributed by atoms with Crippen LogP contribution in [0.3, 0.4) is 0 Å². The first kappa shape index (κ1) is 13.8. The molecule has 0 aromatic carbocycles. The monoisotopic (exact) mass is 250 g/mol. The molecule has 0 amide bonds. The second kappa shape index (κ2) is 5.36. The third-order valence-electron chi connectivity index (χ3n) is 2.75. The van der Waals surface area contributed by atoms with Crippen LogP contribution < -0.4 is 5.73 Å². The Hall–Kier alpha value is -1.29. The SMILES string of the molecule is N#CC(C[C@@H]1CC[C@@H](N)C1)OC(=O)C(F)(F)F. The number of halogens is 3. The predicted octanol–water partition coefficient (Wildman–Crippen LogP) is 1.50. The molecule has 1 aliphatic carbocycles. The number of alkyl halides is 3. The molecule has 96 valence electrons. The van der Waals surface area contributed by atoms with Crippen molar-refractivity contribution in [2.75, 3.05) is 0 Å². The molecule has 1 unspecified atom stereocenters. The van der Waals surface area contributed by atoms with E-state index in [9.17, 15) is 18.0 Å². The molecular formula is C10H13F3N2O2. The van der Waals surface area contributed by atoms with Gasteiger partial charge in [0.25, 0.3) is 0 Å². The third-order valence-corrected chi connectivity index (χ3v) is 2.75. The number of nitrogens with zero attached hydrogens (tertiary/aromatic N) is 1. The van der Waals surface area contributed by atoms with Crippen LogP contribution in [0.5, 0.6) is 0 Å². The van der Waals surface area contributed by atoms with Gasteiger partial charge in [0, 0.05) is 12.5 Å². The maximum Gasteiger partial charge on any atom is 0.490 e. The average molecular weight is 250 g/mol. The van der Waals surface area contributed by atoms with Gasteiger partial charge >= 0.3 is 12.1 Å². The Morgan fingerprint density at radius 2 is 2.18 bits per heavy atom. The van der Waals surface area contributed by atoms with Gasteiger partial charge in [-0.3, -0.25) is 0 Å². The van der Waals surface area contributed by atoms with Gasteiger partial charge in [-0.15, -0.1) is 0 Å². The molecule has 2 N–H and O–H groups in total. The van der Waals surface area contributed by atoms with Crippen molar-refractivity contribution in [1.29, 1.82) is 5.26 Å². The highest BCUT2D eigenvalue weighted by atomic mass is 19.4. The largest absolute Gasteiger partial charge is 0.490 e. The molecule has 3 atom stereocenters. The van der Waals surface area contributed by atoms with Gasteiger partial charge in [-0.25, -0.2) is 4.79 Å². The number of nitriles is 1. The van der Waals surface area contributed by atoms with Crippen LogP contribution in [0.4, 0.5) is 13.2 Å². The molecule has 0 heterocycles. The highest BCUT2D eigenvalue weighted by molar-refractivity contribution is 5.75. The first-order chi connectivity index (χ1) is 7.82. The van der Waals surface area contributed by atoms with Crippen LogP contribution in [0.1, 0.15) is 25.7 Å². The molecule has 0 spiro atoms. The Kier molecular flexibility index (Phi) is 4.34. The van der Waals surface area contributed by atoms with E-state index < -0.39 is 18.2 Å². The van der Waals surface area contributed by atoms with E-state index in [-0.39, 0.29) is 18.4 Å². The lowest BCUT2D eigenvalue weighted by atomic mass is 10.0. The van der Waals surface area contributed by atoms with Crippen molar-refractivity contribution in [3.05, 3.63) is 0 Å². The average Bonchev–Trinajstić information content (AvgIpc) is 2.61. The highest BCUT2D eigenvalue weighted by Gasteiger charge is 2.42. The van der Waals surface area contributed by atoms with Crippen molar-refractivity contribution >= 4 is 5.97 Å². The fourth-order valence-electron chi connectivity index (χ4n) is 1.95. The van der Waals surface area contributed by atoms with Gasteiger partial charge in [-0.2, -0.15) is 18.4 Å². The second-order valence-corrected chi connectivity index (χ2v) is 4.20. The van der Waals surface area contributed by atoms with Gasteiger partial charge < -0.3 is 10.5 Å². The quantitative estimate of drug-likeness (QED) is 0.770. The molecular weight excluding hydrogens is 237 g/mol. The van der Waals surface area contributed by atoms with E-state index >= 15 is 0 Å². The molecule has 0 aliphatic heterocycles. The zero-order valence-corrected chi connectivity index (χ0v) is 9.04. The highest BCUT2D eigenvalue weighted by Crippen LogP contribution is 2.29. The van der Waals surface area contributed by atoms with E-state index in [1.165, 1.54) is 0 Å². The summed E-state index contributed by atoms with van der Waals surface area (Å²) in [5, 5.41) is 8.64. The Morgan fingerprint density at radius 1 is 1.53 bits per heavy atom. The minimum atomic E-state index is -5.05. The van der Waals surface area contributed by atoms with Crippen LogP contribution in [-0.2, 0) is 9.53 Å². The maximum atomic E-state index is 11.9. The summed E-state index contributed by atoms with van der Waals surface area (Å²) in [6, 6.07) is 1.59. The number of carbonyl (C=O) groups excluding carboxylic acids is 1. The van der Waals surface area contributed by atoms with Crippen LogP contribution in [0.15, 0.2) is 0 Å². The number of hydrogen-bond donors (Lipinski definition) is 1. The number of nitrogens with two attached hydrogens (primary N) is 1. The van der Waals surface area contributed by atoms with Crippen molar-refractivity contribution in [1.82, 2.24) is 0 Å². The molecule has 1 saturated carbocycles. The van der Waals surface area contributed by atoms with Gasteiger partial charge in [-0.05, 0) is 25.2 Å². The number of carbonyl (C=O) groups is 1. The van der Waals surface area contributed by atoms with E-state index in [1.54, 1.807) is 6.07 Å². The zero-order valence-electron chi connectivity index (χ0n) is 9.04. The fourth-order valence-corrected chi connectivity index (χ4v) is 1.95. The first-order valence-corrected chi connectivity index (χ1v) is 5.26. The molecule has 7 heteroatoms. The van der Waals surface area contributed by atoms with E-state index in [4.69, 9.17) is 11.0 Å². The lowest BCUT2D eigenvalue weighted by Gasteiger charge is -2.15. The zero-order chi connectivity index (χ0) is 13.1. The van der Waals surface area contributed by atoms with Crippen LogP contribution in [0.25, 0.3) is 0 Å². The molecule has 0 radical (unpaired) electrons. The topological polar surface area (TPSA) is 76.1 Å².